The van der Waals surface area contributed by atoms with Gasteiger partial charge in [0.15, 0.2) is 0 Å². The first-order valence-electron chi connectivity index (χ1n) is 7.44. The Morgan fingerprint density at radius 1 is 1.25 bits per heavy atom. The summed E-state index contributed by atoms with van der Waals surface area (Å²) in [7, 11) is 0. The van der Waals surface area contributed by atoms with E-state index in [0.717, 1.165) is 31.6 Å². The third-order valence-corrected chi connectivity index (χ3v) is 4.51. The molecule has 2 saturated heterocycles. The predicted octanol–water partition coefficient (Wildman–Crippen LogP) is 2.44. The fourth-order valence-corrected chi connectivity index (χ4v) is 3.43. The molecule has 0 aromatic heterocycles. The fraction of sp³-hybridized carbons (Fsp3) is 0.562. The van der Waals surface area contributed by atoms with Gasteiger partial charge in [0.2, 0.25) is 0 Å². The molecule has 2 heterocycles. The lowest BCUT2D eigenvalue weighted by Gasteiger charge is -2.26. The number of carbonyl (C=O) groups excluding carboxylic acids is 1. The van der Waals surface area contributed by atoms with Crippen molar-refractivity contribution in [2.45, 2.75) is 32.2 Å². The van der Waals surface area contributed by atoms with Crippen molar-refractivity contribution < 1.29 is 9.18 Å². The molecule has 2 aliphatic heterocycles. The minimum absolute atomic E-state index is 0.0521. The molecule has 1 unspecified atom stereocenters. The SMILES string of the molecule is Cc1cc(F)ccc1C(=O)N1CCCN2CCCC2C1. The summed E-state index contributed by atoms with van der Waals surface area (Å²) >= 11 is 0. The molecule has 2 aliphatic rings. The van der Waals surface area contributed by atoms with E-state index in [9.17, 15) is 9.18 Å². The molecule has 108 valence electrons. The number of hydrogen-bond donors (Lipinski definition) is 0. The highest BCUT2D eigenvalue weighted by atomic mass is 19.1. The number of carbonyl (C=O) groups is 1. The molecule has 0 spiro atoms. The van der Waals surface area contributed by atoms with E-state index in [2.05, 4.69) is 4.90 Å². The maximum absolute atomic E-state index is 13.2. The third kappa shape index (κ3) is 2.57. The van der Waals surface area contributed by atoms with Crippen molar-refractivity contribution in [2.24, 2.45) is 0 Å². The zero-order valence-corrected chi connectivity index (χ0v) is 11.9. The van der Waals surface area contributed by atoms with E-state index in [0.29, 0.717) is 11.6 Å². The summed E-state index contributed by atoms with van der Waals surface area (Å²) < 4.78 is 13.2. The highest BCUT2D eigenvalue weighted by Gasteiger charge is 2.31. The van der Waals surface area contributed by atoms with Gasteiger partial charge in [0.1, 0.15) is 5.82 Å². The summed E-state index contributed by atoms with van der Waals surface area (Å²) in [6, 6.07) is 4.94. The van der Waals surface area contributed by atoms with E-state index >= 15 is 0 Å². The number of hydrogen-bond acceptors (Lipinski definition) is 2. The number of rotatable bonds is 1. The molecule has 4 heteroatoms. The van der Waals surface area contributed by atoms with Gasteiger partial charge in [-0.2, -0.15) is 0 Å². The second-order valence-electron chi connectivity index (χ2n) is 5.90. The van der Waals surface area contributed by atoms with Crippen LogP contribution in [0.2, 0.25) is 0 Å². The van der Waals surface area contributed by atoms with Crippen LogP contribution >= 0.6 is 0 Å². The van der Waals surface area contributed by atoms with Crippen molar-refractivity contribution in [3.63, 3.8) is 0 Å². The van der Waals surface area contributed by atoms with Gasteiger partial charge in [-0.3, -0.25) is 9.69 Å². The van der Waals surface area contributed by atoms with E-state index < -0.39 is 0 Å². The van der Waals surface area contributed by atoms with Crippen molar-refractivity contribution in [3.05, 3.63) is 35.1 Å². The molecule has 0 saturated carbocycles. The van der Waals surface area contributed by atoms with Crippen LogP contribution in [0.4, 0.5) is 4.39 Å². The first-order valence-corrected chi connectivity index (χ1v) is 7.44. The summed E-state index contributed by atoms with van der Waals surface area (Å²) in [4.78, 5) is 17.1. The Labute approximate surface area is 119 Å². The highest BCUT2D eigenvalue weighted by molar-refractivity contribution is 5.95. The second-order valence-corrected chi connectivity index (χ2v) is 5.90. The molecule has 3 rings (SSSR count). The molecule has 0 aliphatic carbocycles. The largest absolute Gasteiger partial charge is 0.337 e. The van der Waals surface area contributed by atoms with Crippen molar-refractivity contribution >= 4 is 5.91 Å². The van der Waals surface area contributed by atoms with Crippen molar-refractivity contribution in [1.29, 1.82) is 0 Å². The Morgan fingerprint density at radius 2 is 2.05 bits per heavy atom. The van der Waals surface area contributed by atoms with E-state index in [-0.39, 0.29) is 11.7 Å². The zero-order chi connectivity index (χ0) is 14.1. The molecule has 0 N–H and O–H groups in total. The second kappa shape index (κ2) is 5.52. The van der Waals surface area contributed by atoms with Crippen LogP contribution in [-0.2, 0) is 0 Å². The molecule has 2 fully saturated rings. The van der Waals surface area contributed by atoms with E-state index in [1.807, 2.05) is 4.90 Å². The fourth-order valence-electron chi connectivity index (χ4n) is 3.43. The molecule has 3 nitrogen and oxygen atoms in total. The Balaban J connectivity index is 1.79. The van der Waals surface area contributed by atoms with Crippen molar-refractivity contribution in [1.82, 2.24) is 9.80 Å². The maximum atomic E-state index is 13.2. The van der Waals surface area contributed by atoms with Gasteiger partial charge in [0.05, 0.1) is 0 Å². The van der Waals surface area contributed by atoms with Gasteiger partial charge in [0, 0.05) is 31.2 Å². The van der Waals surface area contributed by atoms with Crippen LogP contribution in [0.25, 0.3) is 0 Å². The normalized spacial score (nSPS) is 23.5. The van der Waals surface area contributed by atoms with Gasteiger partial charge in [0.25, 0.3) is 5.91 Å². The summed E-state index contributed by atoms with van der Waals surface area (Å²) in [5.41, 5.74) is 1.36. The summed E-state index contributed by atoms with van der Waals surface area (Å²) in [6.45, 7) is 5.69. The Bertz CT molecular complexity index is 517. The smallest absolute Gasteiger partial charge is 0.254 e. The number of benzene rings is 1. The average molecular weight is 276 g/mol. The van der Waals surface area contributed by atoms with Gasteiger partial charge < -0.3 is 4.90 Å². The van der Waals surface area contributed by atoms with Gasteiger partial charge in [-0.15, -0.1) is 0 Å². The third-order valence-electron chi connectivity index (χ3n) is 4.51. The standard InChI is InChI=1S/C16H21FN2O/c1-12-10-13(17)5-6-15(12)16(20)19-9-3-8-18-7-2-4-14(18)11-19/h5-6,10,14H,2-4,7-9,11H2,1H3. The van der Waals surface area contributed by atoms with Crippen molar-refractivity contribution in [3.8, 4) is 0 Å². The molecule has 20 heavy (non-hydrogen) atoms. The predicted molar refractivity (Wildman–Crippen MR) is 76.3 cm³/mol. The Hall–Kier alpha value is -1.42. The number of fused-ring (bicyclic) bond motifs is 1. The zero-order valence-electron chi connectivity index (χ0n) is 11.9. The van der Waals surface area contributed by atoms with E-state index in [1.54, 1.807) is 13.0 Å². The number of aryl methyl sites for hydroxylation is 1. The van der Waals surface area contributed by atoms with Crippen LogP contribution in [-0.4, -0.2) is 47.9 Å². The van der Waals surface area contributed by atoms with Crippen LogP contribution < -0.4 is 0 Å². The summed E-state index contributed by atoms with van der Waals surface area (Å²) in [5.74, 6) is -0.229. The van der Waals surface area contributed by atoms with Crippen LogP contribution in [0.1, 0.15) is 35.2 Å². The van der Waals surface area contributed by atoms with E-state index in [4.69, 9.17) is 0 Å². The average Bonchev–Trinajstić information content (AvgIpc) is 2.75. The summed E-state index contributed by atoms with van der Waals surface area (Å²) in [6.07, 6.45) is 3.46. The molecular formula is C16H21FN2O. The molecular weight excluding hydrogens is 255 g/mol. The minimum Gasteiger partial charge on any atom is -0.337 e. The molecule has 1 aromatic carbocycles. The Kier molecular flexibility index (Phi) is 3.74. The lowest BCUT2D eigenvalue weighted by Crippen LogP contribution is -2.39. The first-order chi connectivity index (χ1) is 9.65. The van der Waals surface area contributed by atoms with Crippen LogP contribution in [0, 0.1) is 12.7 Å². The van der Waals surface area contributed by atoms with Crippen LogP contribution in [0.5, 0.6) is 0 Å². The Morgan fingerprint density at radius 3 is 2.85 bits per heavy atom. The molecule has 1 amide bonds. The van der Waals surface area contributed by atoms with Crippen LogP contribution in [0.15, 0.2) is 18.2 Å². The molecule has 1 aromatic rings. The van der Waals surface area contributed by atoms with Gasteiger partial charge in [-0.25, -0.2) is 4.39 Å². The molecule has 0 bridgehead atoms. The molecule has 0 radical (unpaired) electrons. The number of nitrogens with zero attached hydrogens (tertiary/aromatic N) is 2. The van der Waals surface area contributed by atoms with E-state index in [1.165, 1.54) is 31.5 Å². The molecule has 1 atom stereocenters. The van der Waals surface area contributed by atoms with Gasteiger partial charge in [-0.05, 0) is 56.5 Å². The van der Waals surface area contributed by atoms with Crippen molar-refractivity contribution in [2.75, 3.05) is 26.2 Å². The lowest BCUT2D eigenvalue weighted by atomic mass is 10.1. The first kappa shape index (κ1) is 13.6. The quantitative estimate of drug-likeness (QED) is 0.786. The minimum atomic E-state index is -0.281. The lowest BCUT2D eigenvalue weighted by molar-refractivity contribution is 0.0742. The topological polar surface area (TPSA) is 23.6 Å². The number of amides is 1. The maximum Gasteiger partial charge on any atom is 0.254 e. The van der Waals surface area contributed by atoms with Gasteiger partial charge in [-0.1, -0.05) is 0 Å². The monoisotopic (exact) mass is 276 g/mol. The highest BCUT2D eigenvalue weighted by Crippen LogP contribution is 2.23. The van der Waals surface area contributed by atoms with Gasteiger partial charge >= 0.3 is 0 Å². The number of halogens is 1. The van der Waals surface area contributed by atoms with Crippen LogP contribution in [0.3, 0.4) is 0 Å². The summed E-state index contributed by atoms with van der Waals surface area (Å²) in [5, 5.41) is 0.